The molecule has 54 valence electrons. The summed E-state index contributed by atoms with van der Waals surface area (Å²) in [6, 6.07) is 0. The molecule has 3 heteroatoms. The largest absolute Gasteiger partial charge is 0.373 e. The predicted molar refractivity (Wildman–Crippen MR) is 36.7 cm³/mol. The highest BCUT2D eigenvalue weighted by Crippen LogP contribution is 2.11. The second-order valence-corrected chi connectivity index (χ2v) is 2.09. The lowest BCUT2D eigenvalue weighted by Gasteiger charge is -2.07. The molecule has 0 heterocycles. The maximum absolute atomic E-state index is 10.7. The van der Waals surface area contributed by atoms with Crippen molar-refractivity contribution < 1.29 is 9.63 Å². The van der Waals surface area contributed by atoms with Crippen LogP contribution < -0.4 is 5.90 Å². The monoisotopic (exact) mass is 139 g/mol. The van der Waals surface area contributed by atoms with Gasteiger partial charge in [0.1, 0.15) is 0 Å². The van der Waals surface area contributed by atoms with Gasteiger partial charge in [-0.25, -0.2) is 4.79 Å². The van der Waals surface area contributed by atoms with Crippen LogP contribution in [0.15, 0.2) is 24.3 Å². The molecule has 0 amide bonds. The molecule has 0 aromatic heterocycles. The summed E-state index contributed by atoms with van der Waals surface area (Å²) in [5, 5.41) is 0. The van der Waals surface area contributed by atoms with Crippen LogP contribution in [0.5, 0.6) is 0 Å². The minimum Gasteiger partial charge on any atom is -0.373 e. The molecule has 0 radical (unpaired) electrons. The lowest BCUT2D eigenvalue weighted by Crippen LogP contribution is -2.19. The van der Waals surface area contributed by atoms with Gasteiger partial charge in [-0.15, -0.1) is 0 Å². The fourth-order valence-electron chi connectivity index (χ4n) is 0.843. The standard InChI is InChI=1S/C7H9NO2/c8-10-7(9)6-4-2-1-3-5-6/h1-4,6H,5,8H2. The Labute approximate surface area is 59.1 Å². The van der Waals surface area contributed by atoms with E-state index in [-0.39, 0.29) is 11.9 Å². The molecule has 0 fully saturated rings. The van der Waals surface area contributed by atoms with Crippen molar-refractivity contribution >= 4 is 5.97 Å². The maximum Gasteiger partial charge on any atom is 0.331 e. The molecule has 1 unspecified atom stereocenters. The zero-order chi connectivity index (χ0) is 7.40. The molecule has 1 aliphatic rings. The van der Waals surface area contributed by atoms with Crippen LogP contribution in [0, 0.1) is 5.92 Å². The van der Waals surface area contributed by atoms with Crippen molar-refractivity contribution in [2.75, 3.05) is 0 Å². The first kappa shape index (κ1) is 7.02. The Balaban J connectivity index is 2.51. The van der Waals surface area contributed by atoms with E-state index in [0.717, 1.165) is 0 Å². The first-order valence-corrected chi connectivity index (χ1v) is 3.08. The van der Waals surface area contributed by atoms with Crippen LogP contribution in [0.25, 0.3) is 0 Å². The minimum atomic E-state index is -0.374. The Morgan fingerprint density at radius 2 is 2.40 bits per heavy atom. The number of carbonyl (C=O) groups is 1. The van der Waals surface area contributed by atoms with Crippen LogP contribution in [0.3, 0.4) is 0 Å². The van der Waals surface area contributed by atoms with E-state index >= 15 is 0 Å². The molecule has 0 bridgehead atoms. The van der Waals surface area contributed by atoms with E-state index in [2.05, 4.69) is 4.84 Å². The van der Waals surface area contributed by atoms with Gasteiger partial charge in [0.2, 0.25) is 0 Å². The van der Waals surface area contributed by atoms with Gasteiger partial charge in [-0.1, -0.05) is 24.3 Å². The minimum absolute atomic E-state index is 0.185. The molecule has 0 saturated carbocycles. The van der Waals surface area contributed by atoms with Gasteiger partial charge in [-0.3, -0.25) is 0 Å². The van der Waals surface area contributed by atoms with Crippen LogP contribution >= 0.6 is 0 Å². The Morgan fingerprint density at radius 3 is 2.90 bits per heavy atom. The molecule has 1 rings (SSSR count). The zero-order valence-electron chi connectivity index (χ0n) is 5.49. The van der Waals surface area contributed by atoms with E-state index in [1.54, 1.807) is 6.08 Å². The molecule has 1 aliphatic carbocycles. The topological polar surface area (TPSA) is 52.3 Å². The summed E-state index contributed by atoms with van der Waals surface area (Å²) in [4.78, 5) is 14.8. The highest BCUT2D eigenvalue weighted by molar-refractivity contribution is 5.74. The molecular formula is C7H9NO2. The van der Waals surface area contributed by atoms with E-state index < -0.39 is 0 Å². The number of rotatable bonds is 1. The Bertz CT molecular complexity index is 184. The molecule has 0 spiro atoms. The summed E-state index contributed by atoms with van der Waals surface area (Å²) in [5.41, 5.74) is 0. The Kier molecular flexibility index (Phi) is 2.23. The molecule has 3 nitrogen and oxygen atoms in total. The smallest absolute Gasteiger partial charge is 0.331 e. The van der Waals surface area contributed by atoms with Crippen molar-refractivity contribution in [3.8, 4) is 0 Å². The van der Waals surface area contributed by atoms with Gasteiger partial charge in [0.05, 0.1) is 5.92 Å². The summed E-state index contributed by atoms with van der Waals surface area (Å²) in [7, 11) is 0. The SMILES string of the molecule is NOC(=O)C1C=CC=CC1. The second kappa shape index (κ2) is 3.17. The normalized spacial score (nSPS) is 22.7. The van der Waals surface area contributed by atoms with E-state index in [4.69, 9.17) is 5.90 Å². The average molecular weight is 139 g/mol. The van der Waals surface area contributed by atoms with Crippen molar-refractivity contribution in [2.45, 2.75) is 6.42 Å². The van der Waals surface area contributed by atoms with Crippen LogP contribution in [-0.4, -0.2) is 5.97 Å². The molecule has 0 saturated heterocycles. The van der Waals surface area contributed by atoms with Gasteiger partial charge < -0.3 is 4.84 Å². The number of nitrogens with two attached hydrogens (primary N) is 1. The second-order valence-electron chi connectivity index (χ2n) is 2.09. The molecule has 0 aromatic carbocycles. The lowest BCUT2D eigenvalue weighted by molar-refractivity contribution is -0.147. The number of allylic oxidation sites excluding steroid dienone is 3. The quantitative estimate of drug-likeness (QED) is 0.539. The molecule has 10 heavy (non-hydrogen) atoms. The summed E-state index contributed by atoms with van der Waals surface area (Å²) in [5.74, 6) is 4.14. The van der Waals surface area contributed by atoms with Crippen molar-refractivity contribution in [2.24, 2.45) is 11.8 Å². The van der Waals surface area contributed by atoms with Crippen molar-refractivity contribution in [3.05, 3.63) is 24.3 Å². The summed E-state index contributed by atoms with van der Waals surface area (Å²) >= 11 is 0. The van der Waals surface area contributed by atoms with Crippen LogP contribution in [0.2, 0.25) is 0 Å². The van der Waals surface area contributed by atoms with Crippen molar-refractivity contribution in [1.82, 2.24) is 0 Å². The van der Waals surface area contributed by atoms with Gasteiger partial charge in [-0.2, -0.15) is 5.90 Å². The number of carbonyl (C=O) groups excluding carboxylic acids is 1. The molecule has 0 aliphatic heterocycles. The zero-order valence-corrected chi connectivity index (χ0v) is 5.49. The molecular weight excluding hydrogens is 130 g/mol. The summed E-state index contributed by atoms with van der Waals surface area (Å²) < 4.78 is 0. The van der Waals surface area contributed by atoms with Gasteiger partial charge in [0, 0.05) is 0 Å². The first-order chi connectivity index (χ1) is 4.84. The molecule has 1 atom stereocenters. The first-order valence-electron chi connectivity index (χ1n) is 3.08. The highest BCUT2D eigenvalue weighted by atomic mass is 16.7. The lowest BCUT2D eigenvalue weighted by atomic mass is 10.0. The van der Waals surface area contributed by atoms with Gasteiger partial charge in [0.15, 0.2) is 0 Å². The molecule has 0 aromatic rings. The fraction of sp³-hybridized carbons (Fsp3) is 0.286. The fourth-order valence-corrected chi connectivity index (χ4v) is 0.843. The number of hydrogen-bond acceptors (Lipinski definition) is 3. The van der Waals surface area contributed by atoms with Crippen LogP contribution in [0.4, 0.5) is 0 Å². The number of hydrogen-bond donors (Lipinski definition) is 1. The van der Waals surface area contributed by atoms with Gasteiger partial charge >= 0.3 is 5.97 Å². The maximum atomic E-state index is 10.7. The van der Waals surface area contributed by atoms with E-state index in [1.807, 2.05) is 18.2 Å². The van der Waals surface area contributed by atoms with Crippen molar-refractivity contribution in [1.29, 1.82) is 0 Å². The van der Waals surface area contributed by atoms with E-state index in [9.17, 15) is 4.79 Å². The van der Waals surface area contributed by atoms with E-state index in [1.165, 1.54) is 0 Å². The summed E-state index contributed by atoms with van der Waals surface area (Å²) in [6.07, 6.45) is 8.06. The van der Waals surface area contributed by atoms with Crippen molar-refractivity contribution in [3.63, 3.8) is 0 Å². The summed E-state index contributed by atoms with van der Waals surface area (Å²) in [6.45, 7) is 0. The van der Waals surface area contributed by atoms with Crippen LogP contribution in [0.1, 0.15) is 6.42 Å². The Hall–Kier alpha value is -1.09. The predicted octanol–water partition coefficient (Wildman–Crippen LogP) is 0.536. The van der Waals surface area contributed by atoms with E-state index in [0.29, 0.717) is 6.42 Å². The highest BCUT2D eigenvalue weighted by Gasteiger charge is 2.15. The average Bonchev–Trinajstić information content (AvgIpc) is 2.05. The molecule has 2 N–H and O–H groups in total. The Morgan fingerprint density at radius 1 is 1.60 bits per heavy atom. The van der Waals surface area contributed by atoms with Gasteiger partial charge in [0.25, 0.3) is 0 Å². The van der Waals surface area contributed by atoms with Crippen LogP contribution in [-0.2, 0) is 9.63 Å². The third kappa shape index (κ3) is 1.45. The third-order valence-corrected chi connectivity index (χ3v) is 1.40. The van der Waals surface area contributed by atoms with Gasteiger partial charge in [-0.05, 0) is 6.42 Å². The third-order valence-electron chi connectivity index (χ3n) is 1.40.